The lowest BCUT2D eigenvalue weighted by Gasteiger charge is -2.17. The van der Waals surface area contributed by atoms with Crippen LogP contribution in [-0.4, -0.2) is 19.1 Å². The SMILES string of the molecule is CCCCCCC(C)Oc1cc(N)ccc1C(=O)NC. The van der Waals surface area contributed by atoms with Crippen molar-refractivity contribution in [3.05, 3.63) is 23.8 Å². The highest BCUT2D eigenvalue weighted by molar-refractivity contribution is 5.97. The fraction of sp³-hybridized carbons (Fsp3) is 0.562. The Morgan fingerprint density at radius 1 is 1.35 bits per heavy atom. The van der Waals surface area contributed by atoms with Gasteiger partial charge in [0.1, 0.15) is 5.75 Å². The number of nitrogens with one attached hydrogen (secondary N) is 1. The number of carbonyl (C=O) groups is 1. The van der Waals surface area contributed by atoms with E-state index in [-0.39, 0.29) is 12.0 Å². The maximum atomic E-state index is 11.8. The molecule has 1 unspecified atom stereocenters. The fourth-order valence-electron chi connectivity index (χ4n) is 2.09. The lowest BCUT2D eigenvalue weighted by molar-refractivity contribution is 0.0956. The maximum Gasteiger partial charge on any atom is 0.254 e. The van der Waals surface area contributed by atoms with E-state index in [1.165, 1.54) is 19.3 Å². The van der Waals surface area contributed by atoms with Crippen molar-refractivity contribution in [2.45, 2.75) is 52.1 Å². The number of anilines is 1. The van der Waals surface area contributed by atoms with E-state index in [1.54, 1.807) is 25.2 Å². The van der Waals surface area contributed by atoms with Crippen LogP contribution in [0.1, 0.15) is 56.3 Å². The lowest BCUT2D eigenvalue weighted by atomic mass is 10.1. The van der Waals surface area contributed by atoms with Gasteiger partial charge in [0, 0.05) is 18.8 Å². The van der Waals surface area contributed by atoms with Crippen molar-refractivity contribution in [3.8, 4) is 5.75 Å². The standard InChI is InChI=1S/C16H26N2O2/c1-4-5-6-7-8-12(2)20-15-11-13(17)9-10-14(15)16(19)18-3/h9-12H,4-8,17H2,1-3H3,(H,18,19). The van der Waals surface area contributed by atoms with Crippen LogP contribution in [0, 0.1) is 0 Å². The predicted molar refractivity (Wildman–Crippen MR) is 83.1 cm³/mol. The van der Waals surface area contributed by atoms with Gasteiger partial charge in [0.2, 0.25) is 0 Å². The van der Waals surface area contributed by atoms with Gasteiger partial charge in [-0.3, -0.25) is 4.79 Å². The second kappa shape index (κ2) is 8.46. The molecular weight excluding hydrogens is 252 g/mol. The van der Waals surface area contributed by atoms with Crippen molar-refractivity contribution in [2.75, 3.05) is 12.8 Å². The van der Waals surface area contributed by atoms with Gasteiger partial charge >= 0.3 is 0 Å². The molecule has 20 heavy (non-hydrogen) atoms. The highest BCUT2D eigenvalue weighted by Gasteiger charge is 2.14. The van der Waals surface area contributed by atoms with Crippen LogP contribution in [0.3, 0.4) is 0 Å². The van der Waals surface area contributed by atoms with Crippen LogP contribution in [0.25, 0.3) is 0 Å². The first-order valence-corrected chi connectivity index (χ1v) is 7.36. The average Bonchev–Trinajstić information content (AvgIpc) is 2.43. The largest absolute Gasteiger partial charge is 0.490 e. The van der Waals surface area contributed by atoms with Crippen LogP contribution < -0.4 is 15.8 Å². The highest BCUT2D eigenvalue weighted by atomic mass is 16.5. The first-order chi connectivity index (χ1) is 9.58. The third kappa shape index (κ3) is 5.11. The summed E-state index contributed by atoms with van der Waals surface area (Å²) in [4.78, 5) is 11.8. The topological polar surface area (TPSA) is 64.3 Å². The Morgan fingerprint density at radius 2 is 2.10 bits per heavy atom. The molecule has 0 fully saturated rings. The molecule has 4 nitrogen and oxygen atoms in total. The van der Waals surface area contributed by atoms with E-state index in [1.807, 2.05) is 6.92 Å². The van der Waals surface area contributed by atoms with Crippen LogP contribution in [0.4, 0.5) is 5.69 Å². The molecule has 0 heterocycles. The summed E-state index contributed by atoms with van der Waals surface area (Å²) in [6.45, 7) is 4.23. The summed E-state index contributed by atoms with van der Waals surface area (Å²) in [6, 6.07) is 5.13. The van der Waals surface area contributed by atoms with Gasteiger partial charge in [0.15, 0.2) is 0 Å². The van der Waals surface area contributed by atoms with Gasteiger partial charge in [-0.1, -0.05) is 26.2 Å². The van der Waals surface area contributed by atoms with Crippen LogP contribution in [-0.2, 0) is 0 Å². The van der Waals surface area contributed by atoms with Crippen LogP contribution in [0.2, 0.25) is 0 Å². The summed E-state index contributed by atoms with van der Waals surface area (Å²) in [5, 5.41) is 2.61. The number of carbonyl (C=O) groups excluding carboxylic acids is 1. The van der Waals surface area contributed by atoms with Crippen LogP contribution >= 0.6 is 0 Å². The first-order valence-electron chi connectivity index (χ1n) is 7.36. The molecule has 1 atom stereocenters. The van der Waals surface area contributed by atoms with Gasteiger partial charge in [0.25, 0.3) is 5.91 Å². The molecule has 4 heteroatoms. The number of hydrogen-bond donors (Lipinski definition) is 2. The number of amides is 1. The van der Waals surface area contributed by atoms with Crippen molar-refractivity contribution >= 4 is 11.6 Å². The third-order valence-corrected chi connectivity index (χ3v) is 3.27. The molecule has 1 aromatic carbocycles. The van der Waals surface area contributed by atoms with Crippen molar-refractivity contribution in [2.24, 2.45) is 0 Å². The van der Waals surface area contributed by atoms with Crippen molar-refractivity contribution < 1.29 is 9.53 Å². The molecular formula is C16H26N2O2. The molecule has 0 aliphatic carbocycles. The first kappa shape index (κ1) is 16.3. The lowest BCUT2D eigenvalue weighted by Crippen LogP contribution is -2.21. The van der Waals surface area contributed by atoms with Gasteiger partial charge < -0.3 is 15.8 Å². The van der Waals surface area contributed by atoms with Crippen molar-refractivity contribution in [3.63, 3.8) is 0 Å². The zero-order valence-electron chi connectivity index (χ0n) is 12.7. The van der Waals surface area contributed by atoms with Crippen LogP contribution in [0.5, 0.6) is 5.75 Å². The molecule has 1 aromatic rings. The van der Waals surface area contributed by atoms with E-state index in [0.717, 1.165) is 12.8 Å². The Bertz CT molecular complexity index is 432. The summed E-state index contributed by atoms with van der Waals surface area (Å²) in [5.41, 5.74) is 6.91. The number of nitrogens with two attached hydrogens (primary N) is 1. The Hall–Kier alpha value is -1.71. The molecule has 0 spiro atoms. The Kier molecular flexibility index (Phi) is 6.91. The molecule has 0 aromatic heterocycles. The number of unbranched alkanes of at least 4 members (excludes halogenated alkanes) is 3. The minimum Gasteiger partial charge on any atom is -0.490 e. The number of rotatable bonds is 8. The minimum atomic E-state index is -0.154. The zero-order chi connectivity index (χ0) is 15.0. The van der Waals surface area contributed by atoms with Crippen molar-refractivity contribution in [1.82, 2.24) is 5.32 Å². The summed E-state index contributed by atoms with van der Waals surface area (Å²) >= 11 is 0. The van der Waals surface area contributed by atoms with Crippen LogP contribution in [0.15, 0.2) is 18.2 Å². The minimum absolute atomic E-state index is 0.0806. The molecule has 0 radical (unpaired) electrons. The summed E-state index contributed by atoms with van der Waals surface area (Å²) < 4.78 is 5.89. The molecule has 0 saturated heterocycles. The van der Waals surface area contributed by atoms with Gasteiger partial charge in [0.05, 0.1) is 11.7 Å². The normalized spacial score (nSPS) is 11.9. The Labute approximate surface area is 121 Å². The van der Waals surface area contributed by atoms with Gasteiger partial charge in [-0.2, -0.15) is 0 Å². The smallest absolute Gasteiger partial charge is 0.254 e. The molecule has 0 aliphatic heterocycles. The molecule has 3 N–H and O–H groups in total. The maximum absolute atomic E-state index is 11.8. The van der Waals surface area contributed by atoms with E-state index in [9.17, 15) is 4.79 Å². The van der Waals surface area contributed by atoms with E-state index in [0.29, 0.717) is 17.0 Å². The van der Waals surface area contributed by atoms with Gasteiger partial charge in [-0.15, -0.1) is 0 Å². The summed E-state index contributed by atoms with van der Waals surface area (Å²) in [5.74, 6) is 0.408. The Balaban J connectivity index is 2.65. The Morgan fingerprint density at radius 3 is 2.75 bits per heavy atom. The highest BCUT2D eigenvalue weighted by Crippen LogP contribution is 2.24. The summed E-state index contributed by atoms with van der Waals surface area (Å²) in [6.07, 6.45) is 5.93. The molecule has 0 saturated carbocycles. The summed E-state index contributed by atoms with van der Waals surface area (Å²) in [7, 11) is 1.61. The van der Waals surface area contributed by atoms with E-state index >= 15 is 0 Å². The van der Waals surface area contributed by atoms with Gasteiger partial charge in [-0.25, -0.2) is 0 Å². The second-order valence-corrected chi connectivity index (χ2v) is 5.11. The zero-order valence-corrected chi connectivity index (χ0v) is 12.7. The number of hydrogen-bond acceptors (Lipinski definition) is 3. The number of ether oxygens (including phenoxy) is 1. The average molecular weight is 278 g/mol. The van der Waals surface area contributed by atoms with Gasteiger partial charge in [-0.05, 0) is 31.9 Å². The van der Waals surface area contributed by atoms with Crippen molar-refractivity contribution in [1.29, 1.82) is 0 Å². The fourth-order valence-corrected chi connectivity index (χ4v) is 2.09. The van der Waals surface area contributed by atoms with E-state index in [4.69, 9.17) is 10.5 Å². The van der Waals surface area contributed by atoms with E-state index < -0.39 is 0 Å². The number of benzene rings is 1. The molecule has 0 aliphatic rings. The number of nitrogen functional groups attached to an aromatic ring is 1. The third-order valence-electron chi connectivity index (χ3n) is 3.27. The van der Waals surface area contributed by atoms with E-state index in [2.05, 4.69) is 12.2 Å². The monoisotopic (exact) mass is 278 g/mol. The quantitative estimate of drug-likeness (QED) is 0.566. The molecule has 1 rings (SSSR count). The second-order valence-electron chi connectivity index (χ2n) is 5.11. The molecule has 0 bridgehead atoms. The molecule has 1 amide bonds. The predicted octanol–water partition coefficient (Wildman–Crippen LogP) is 3.37. The molecule has 112 valence electrons.